The number of rotatable bonds is 11. The number of aliphatic hydroxyl groups excluding tert-OH is 1. The van der Waals surface area contributed by atoms with Crippen LogP contribution in [0.25, 0.3) is 11.3 Å². The molecule has 6 nitrogen and oxygen atoms in total. The average Bonchev–Trinajstić information content (AvgIpc) is 3.07. The lowest BCUT2D eigenvalue weighted by Gasteiger charge is -2.29. The summed E-state index contributed by atoms with van der Waals surface area (Å²) in [4.78, 5) is 2.16. The zero-order valence-corrected chi connectivity index (χ0v) is 20.0. The van der Waals surface area contributed by atoms with Gasteiger partial charge in [0.2, 0.25) is 5.88 Å². The summed E-state index contributed by atoms with van der Waals surface area (Å²) >= 11 is 0. The van der Waals surface area contributed by atoms with E-state index in [1.165, 1.54) is 12.1 Å². The van der Waals surface area contributed by atoms with Gasteiger partial charge in [-0.3, -0.25) is 4.90 Å². The van der Waals surface area contributed by atoms with Crippen molar-refractivity contribution >= 4 is 0 Å². The molecule has 3 aromatic rings. The maximum absolute atomic E-state index is 13.8. The summed E-state index contributed by atoms with van der Waals surface area (Å²) in [5.41, 5.74) is 2.63. The van der Waals surface area contributed by atoms with E-state index in [9.17, 15) is 9.50 Å². The van der Waals surface area contributed by atoms with Gasteiger partial charge in [0, 0.05) is 37.8 Å². The predicted molar refractivity (Wildman–Crippen MR) is 128 cm³/mol. The summed E-state index contributed by atoms with van der Waals surface area (Å²) in [6.07, 6.45) is -0.569. The molecule has 0 saturated heterocycles. The van der Waals surface area contributed by atoms with Crippen LogP contribution in [0.1, 0.15) is 33.3 Å². The Morgan fingerprint density at radius 3 is 2.42 bits per heavy atom. The topological polar surface area (TPSA) is 59.8 Å². The third-order valence-electron chi connectivity index (χ3n) is 5.30. The Bertz CT molecular complexity index is 1020. The van der Waals surface area contributed by atoms with Gasteiger partial charge in [0.1, 0.15) is 17.3 Å². The van der Waals surface area contributed by atoms with Crippen LogP contribution in [-0.2, 0) is 18.3 Å². The SMILES string of the molecule is CC(C)OC[C@@H](O)CN(Cc1c(-c2ccccc2)nn(C)c1Oc1cccc(F)c1)C(C)C. The van der Waals surface area contributed by atoms with Crippen molar-refractivity contribution in [2.45, 2.75) is 52.5 Å². The zero-order chi connectivity index (χ0) is 24.0. The van der Waals surface area contributed by atoms with E-state index in [4.69, 9.17) is 14.6 Å². The standard InChI is InChI=1S/C26H34FN3O3/c1-18(2)30(15-22(31)17-32-19(3)4)16-24-25(20-10-7-6-8-11-20)28-29(5)26(24)33-23-13-9-12-21(27)14-23/h6-14,18-19,22,31H,15-17H2,1-5H3/t22-/m0/s1. The molecule has 3 rings (SSSR count). The minimum Gasteiger partial charge on any atom is -0.439 e. The molecule has 0 amide bonds. The average molecular weight is 456 g/mol. The quantitative estimate of drug-likeness (QED) is 0.440. The van der Waals surface area contributed by atoms with Gasteiger partial charge in [-0.25, -0.2) is 9.07 Å². The molecule has 1 heterocycles. The second-order valence-corrected chi connectivity index (χ2v) is 8.74. The first kappa shape index (κ1) is 24.9. The minimum absolute atomic E-state index is 0.0569. The van der Waals surface area contributed by atoms with Crippen molar-refractivity contribution in [3.63, 3.8) is 0 Å². The van der Waals surface area contributed by atoms with Gasteiger partial charge in [0.25, 0.3) is 0 Å². The Morgan fingerprint density at radius 1 is 1.06 bits per heavy atom. The highest BCUT2D eigenvalue weighted by Crippen LogP contribution is 2.34. The molecule has 0 aliphatic carbocycles. The van der Waals surface area contributed by atoms with E-state index < -0.39 is 6.10 Å². The Morgan fingerprint density at radius 2 is 1.79 bits per heavy atom. The molecule has 7 heteroatoms. The number of halogens is 1. The second kappa shape index (κ2) is 11.4. The van der Waals surface area contributed by atoms with Crippen LogP contribution < -0.4 is 4.74 Å². The lowest BCUT2D eigenvalue weighted by atomic mass is 10.1. The van der Waals surface area contributed by atoms with Crippen molar-refractivity contribution < 1.29 is 19.0 Å². The van der Waals surface area contributed by atoms with Gasteiger partial charge in [0.05, 0.1) is 24.4 Å². The normalized spacial score (nSPS) is 12.7. The largest absolute Gasteiger partial charge is 0.439 e. The summed E-state index contributed by atoms with van der Waals surface area (Å²) in [6, 6.07) is 16.1. The Balaban J connectivity index is 1.95. The molecular weight excluding hydrogens is 421 g/mol. The van der Waals surface area contributed by atoms with E-state index in [0.717, 1.165) is 16.8 Å². The molecule has 33 heavy (non-hydrogen) atoms. The number of aromatic nitrogens is 2. The summed E-state index contributed by atoms with van der Waals surface area (Å²) in [7, 11) is 1.82. The fourth-order valence-electron chi connectivity index (χ4n) is 3.58. The van der Waals surface area contributed by atoms with Gasteiger partial charge in [-0.1, -0.05) is 36.4 Å². The highest BCUT2D eigenvalue weighted by atomic mass is 19.1. The Kier molecular flexibility index (Phi) is 8.61. The van der Waals surface area contributed by atoms with Crippen LogP contribution in [0.4, 0.5) is 4.39 Å². The fourth-order valence-corrected chi connectivity index (χ4v) is 3.58. The van der Waals surface area contributed by atoms with Crippen LogP contribution in [0.5, 0.6) is 11.6 Å². The number of nitrogens with zero attached hydrogens (tertiary/aromatic N) is 3. The van der Waals surface area contributed by atoms with Crippen molar-refractivity contribution in [2.75, 3.05) is 13.2 Å². The van der Waals surface area contributed by atoms with Gasteiger partial charge < -0.3 is 14.6 Å². The van der Waals surface area contributed by atoms with Crippen LogP contribution in [0.15, 0.2) is 54.6 Å². The molecule has 0 unspecified atom stereocenters. The van der Waals surface area contributed by atoms with Crippen LogP contribution in [0.3, 0.4) is 0 Å². The third-order valence-corrected chi connectivity index (χ3v) is 5.30. The molecular formula is C26H34FN3O3. The summed E-state index contributed by atoms with van der Waals surface area (Å²) in [6.45, 7) is 9.27. The molecule has 2 aromatic carbocycles. The Labute approximate surface area is 195 Å². The maximum atomic E-state index is 13.8. The predicted octanol–water partition coefficient (Wildman–Crippen LogP) is 5.01. The zero-order valence-electron chi connectivity index (χ0n) is 20.0. The van der Waals surface area contributed by atoms with Crippen molar-refractivity contribution in [3.8, 4) is 22.9 Å². The molecule has 0 radical (unpaired) electrons. The van der Waals surface area contributed by atoms with Gasteiger partial charge in [-0.2, -0.15) is 5.10 Å². The Hall–Kier alpha value is -2.74. The molecule has 0 aliphatic heterocycles. The lowest BCUT2D eigenvalue weighted by molar-refractivity contribution is -0.0137. The fraction of sp³-hybridized carbons (Fsp3) is 0.423. The van der Waals surface area contributed by atoms with Crippen molar-refractivity contribution in [2.24, 2.45) is 7.05 Å². The molecule has 0 fully saturated rings. The number of hydrogen-bond acceptors (Lipinski definition) is 5. The number of hydrogen-bond donors (Lipinski definition) is 1. The van der Waals surface area contributed by atoms with Crippen molar-refractivity contribution in [3.05, 3.63) is 66.0 Å². The number of benzene rings is 2. The van der Waals surface area contributed by atoms with E-state index in [0.29, 0.717) is 24.7 Å². The highest BCUT2D eigenvalue weighted by Gasteiger charge is 2.24. The van der Waals surface area contributed by atoms with E-state index in [-0.39, 0.29) is 24.6 Å². The number of aryl methyl sites for hydroxylation is 1. The smallest absolute Gasteiger partial charge is 0.222 e. The lowest BCUT2D eigenvalue weighted by Crippen LogP contribution is -2.39. The molecule has 0 bridgehead atoms. The summed E-state index contributed by atoms with van der Waals surface area (Å²) in [5, 5.41) is 15.3. The summed E-state index contributed by atoms with van der Waals surface area (Å²) < 4.78 is 27.2. The monoisotopic (exact) mass is 455 g/mol. The molecule has 0 aliphatic rings. The first-order valence-electron chi connectivity index (χ1n) is 11.3. The maximum Gasteiger partial charge on any atom is 0.222 e. The third kappa shape index (κ3) is 6.87. The number of aliphatic hydroxyl groups is 1. The molecule has 178 valence electrons. The van der Waals surface area contributed by atoms with E-state index >= 15 is 0 Å². The molecule has 1 atom stereocenters. The second-order valence-electron chi connectivity index (χ2n) is 8.74. The van der Waals surface area contributed by atoms with Crippen LogP contribution in [-0.4, -0.2) is 51.2 Å². The first-order chi connectivity index (χ1) is 15.7. The molecule has 0 spiro atoms. The van der Waals surface area contributed by atoms with Gasteiger partial charge in [-0.15, -0.1) is 0 Å². The van der Waals surface area contributed by atoms with Crippen molar-refractivity contribution in [1.29, 1.82) is 0 Å². The van der Waals surface area contributed by atoms with Crippen LogP contribution >= 0.6 is 0 Å². The van der Waals surface area contributed by atoms with Gasteiger partial charge in [0.15, 0.2) is 0 Å². The van der Waals surface area contributed by atoms with E-state index in [1.54, 1.807) is 16.8 Å². The molecule has 1 aromatic heterocycles. The van der Waals surface area contributed by atoms with Crippen molar-refractivity contribution in [1.82, 2.24) is 14.7 Å². The van der Waals surface area contributed by atoms with Crippen LogP contribution in [0.2, 0.25) is 0 Å². The first-order valence-corrected chi connectivity index (χ1v) is 11.3. The van der Waals surface area contributed by atoms with E-state index in [2.05, 4.69) is 18.7 Å². The van der Waals surface area contributed by atoms with Crippen LogP contribution in [0, 0.1) is 5.82 Å². The summed E-state index contributed by atoms with van der Waals surface area (Å²) in [5.74, 6) is 0.579. The highest BCUT2D eigenvalue weighted by molar-refractivity contribution is 5.65. The van der Waals surface area contributed by atoms with Gasteiger partial charge in [-0.05, 0) is 39.8 Å². The van der Waals surface area contributed by atoms with Gasteiger partial charge >= 0.3 is 0 Å². The molecule has 0 saturated carbocycles. The minimum atomic E-state index is -0.626. The number of ether oxygens (including phenoxy) is 2. The van der Waals surface area contributed by atoms with E-state index in [1.807, 2.05) is 51.2 Å². The molecule has 1 N–H and O–H groups in total.